The van der Waals surface area contributed by atoms with Crippen LogP contribution < -0.4 is 10.5 Å². The Morgan fingerprint density at radius 3 is 2.56 bits per heavy atom. The minimum Gasteiger partial charge on any atom is -0.495 e. The van der Waals surface area contributed by atoms with Crippen LogP contribution in [0, 0.1) is 5.41 Å². The molecule has 0 aliphatic heterocycles. The van der Waals surface area contributed by atoms with Crippen molar-refractivity contribution in [2.24, 2.45) is 11.1 Å². The number of benzene rings is 1. The Morgan fingerprint density at radius 2 is 2.00 bits per heavy atom. The average Bonchev–Trinajstić information content (AvgIpc) is 3.08. The van der Waals surface area contributed by atoms with Crippen LogP contribution in [0.25, 0.3) is 0 Å². The van der Waals surface area contributed by atoms with Gasteiger partial charge in [-0.2, -0.15) is 0 Å². The summed E-state index contributed by atoms with van der Waals surface area (Å²) in [5, 5.41) is 0. The lowest BCUT2D eigenvalue weighted by molar-refractivity contribution is 0.402. The molecule has 1 fully saturated rings. The molecular formula is C13H19NO3S. The minimum atomic E-state index is -3.30. The molecule has 0 aromatic heterocycles. The van der Waals surface area contributed by atoms with Gasteiger partial charge in [0.2, 0.25) is 0 Å². The molecule has 0 spiro atoms. The molecule has 100 valence electrons. The van der Waals surface area contributed by atoms with Crippen molar-refractivity contribution in [3.8, 4) is 5.75 Å². The van der Waals surface area contributed by atoms with E-state index in [9.17, 15) is 8.42 Å². The molecule has 1 saturated carbocycles. The van der Waals surface area contributed by atoms with E-state index >= 15 is 0 Å². The second-order valence-corrected chi connectivity index (χ2v) is 6.91. The molecule has 0 atom stereocenters. The number of hydrogen-bond donors (Lipinski definition) is 1. The molecule has 1 aliphatic carbocycles. The first kappa shape index (κ1) is 13.4. The highest BCUT2D eigenvalue weighted by molar-refractivity contribution is 7.91. The fourth-order valence-corrected chi connectivity index (χ4v) is 4.44. The van der Waals surface area contributed by atoms with Gasteiger partial charge >= 0.3 is 0 Å². The molecule has 0 unspecified atom stereocenters. The quantitative estimate of drug-likeness (QED) is 0.851. The third-order valence-corrected chi connectivity index (χ3v) is 5.53. The van der Waals surface area contributed by atoms with Crippen LogP contribution in [0.1, 0.15) is 19.3 Å². The molecular weight excluding hydrogens is 250 g/mol. The number of ether oxygens (including phenoxy) is 1. The van der Waals surface area contributed by atoms with Gasteiger partial charge in [-0.3, -0.25) is 0 Å². The number of rotatable bonds is 6. The van der Waals surface area contributed by atoms with E-state index < -0.39 is 9.84 Å². The van der Waals surface area contributed by atoms with E-state index in [2.05, 4.69) is 0 Å². The summed E-state index contributed by atoms with van der Waals surface area (Å²) in [6.07, 6.45) is 2.69. The van der Waals surface area contributed by atoms with E-state index in [0.29, 0.717) is 12.3 Å². The fourth-order valence-electron chi connectivity index (χ4n) is 2.31. The Bertz CT molecular complexity index is 521. The van der Waals surface area contributed by atoms with Gasteiger partial charge in [0.05, 0.1) is 12.9 Å². The van der Waals surface area contributed by atoms with Crippen molar-refractivity contribution >= 4 is 9.84 Å². The predicted molar refractivity (Wildman–Crippen MR) is 70.4 cm³/mol. The highest BCUT2D eigenvalue weighted by atomic mass is 32.2. The van der Waals surface area contributed by atoms with Crippen molar-refractivity contribution in [1.82, 2.24) is 0 Å². The van der Waals surface area contributed by atoms with Gasteiger partial charge in [-0.1, -0.05) is 12.1 Å². The summed E-state index contributed by atoms with van der Waals surface area (Å²) >= 11 is 0. The highest BCUT2D eigenvalue weighted by Gasteiger charge is 2.45. The molecule has 0 amide bonds. The van der Waals surface area contributed by atoms with E-state index in [0.717, 1.165) is 19.3 Å². The molecule has 5 heteroatoms. The van der Waals surface area contributed by atoms with Gasteiger partial charge in [0.1, 0.15) is 10.6 Å². The van der Waals surface area contributed by atoms with Crippen molar-refractivity contribution in [3.63, 3.8) is 0 Å². The first-order valence-corrected chi connectivity index (χ1v) is 7.74. The molecule has 1 aromatic carbocycles. The lowest BCUT2D eigenvalue weighted by atomic mass is 10.1. The zero-order chi connectivity index (χ0) is 13.2. The maximum Gasteiger partial charge on any atom is 0.182 e. The molecule has 1 aromatic rings. The van der Waals surface area contributed by atoms with Crippen LogP contribution in [0.2, 0.25) is 0 Å². The van der Waals surface area contributed by atoms with Crippen LogP contribution in [0.5, 0.6) is 5.75 Å². The maximum atomic E-state index is 12.4. The zero-order valence-corrected chi connectivity index (χ0v) is 11.4. The Hall–Kier alpha value is -1.07. The van der Waals surface area contributed by atoms with Gasteiger partial charge < -0.3 is 10.5 Å². The summed E-state index contributed by atoms with van der Waals surface area (Å²) in [6, 6.07) is 6.77. The molecule has 0 heterocycles. The summed E-state index contributed by atoms with van der Waals surface area (Å²) in [4.78, 5) is 0.288. The number of sulfone groups is 1. The van der Waals surface area contributed by atoms with Gasteiger partial charge in [0, 0.05) is 0 Å². The molecule has 1 aliphatic rings. The normalized spacial score (nSPS) is 17.4. The fraction of sp³-hybridized carbons (Fsp3) is 0.538. The predicted octanol–water partition coefficient (Wildman–Crippen LogP) is 1.60. The number of hydrogen-bond acceptors (Lipinski definition) is 4. The summed E-state index contributed by atoms with van der Waals surface area (Å²) in [5.74, 6) is 0.596. The van der Waals surface area contributed by atoms with E-state index in [-0.39, 0.29) is 16.1 Å². The Kier molecular flexibility index (Phi) is 3.64. The first-order chi connectivity index (χ1) is 8.53. The maximum absolute atomic E-state index is 12.4. The van der Waals surface area contributed by atoms with E-state index in [1.807, 2.05) is 0 Å². The molecule has 0 bridgehead atoms. The van der Waals surface area contributed by atoms with Gasteiger partial charge in [0.25, 0.3) is 0 Å². The second-order valence-electron chi connectivity index (χ2n) is 4.95. The molecule has 4 nitrogen and oxygen atoms in total. The van der Waals surface area contributed by atoms with Crippen LogP contribution in [-0.2, 0) is 9.84 Å². The summed E-state index contributed by atoms with van der Waals surface area (Å²) < 4.78 is 30.0. The third-order valence-electron chi connectivity index (χ3n) is 3.53. The van der Waals surface area contributed by atoms with Crippen LogP contribution >= 0.6 is 0 Å². The van der Waals surface area contributed by atoms with Crippen LogP contribution in [0.15, 0.2) is 29.2 Å². The van der Waals surface area contributed by atoms with Crippen molar-refractivity contribution < 1.29 is 13.2 Å². The lowest BCUT2D eigenvalue weighted by Crippen LogP contribution is -2.21. The molecule has 0 saturated heterocycles. The van der Waals surface area contributed by atoms with E-state index in [1.54, 1.807) is 24.3 Å². The summed E-state index contributed by atoms with van der Waals surface area (Å²) in [7, 11) is -1.81. The third kappa shape index (κ3) is 2.67. The zero-order valence-electron chi connectivity index (χ0n) is 10.6. The van der Waals surface area contributed by atoms with Gasteiger partial charge in [-0.15, -0.1) is 0 Å². The van der Waals surface area contributed by atoms with Gasteiger partial charge in [-0.05, 0) is 43.4 Å². The second kappa shape index (κ2) is 4.90. The summed E-state index contributed by atoms with van der Waals surface area (Å²) in [6.45, 7) is 0.543. The van der Waals surface area contributed by atoms with Gasteiger partial charge in [0.15, 0.2) is 9.84 Å². The number of methoxy groups -OCH3 is 1. The van der Waals surface area contributed by atoms with Gasteiger partial charge in [-0.25, -0.2) is 8.42 Å². The SMILES string of the molecule is COc1ccccc1S(=O)(=O)CC1(CCN)CC1. The Balaban J connectivity index is 2.26. The minimum absolute atomic E-state index is 0.0889. The average molecular weight is 269 g/mol. The van der Waals surface area contributed by atoms with Crippen LogP contribution in [0.3, 0.4) is 0 Å². The number of para-hydroxylation sites is 1. The van der Waals surface area contributed by atoms with Crippen molar-refractivity contribution in [2.75, 3.05) is 19.4 Å². The van der Waals surface area contributed by atoms with E-state index in [1.165, 1.54) is 7.11 Å². The lowest BCUT2D eigenvalue weighted by Gasteiger charge is -2.15. The first-order valence-electron chi connectivity index (χ1n) is 6.09. The molecule has 2 N–H and O–H groups in total. The number of nitrogens with two attached hydrogens (primary N) is 1. The monoisotopic (exact) mass is 269 g/mol. The van der Waals surface area contributed by atoms with E-state index in [4.69, 9.17) is 10.5 Å². The van der Waals surface area contributed by atoms with Crippen molar-refractivity contribution in [1.29, 1.82) is 0 Å². The van der Waals surface area contributed by atoms with Crippen LogP contribution in [-0.4, -0.2) is 27.8 Å². The molecule has 0 radical (unpaired) electrons. The Morgan fingerprint density at radius 1 is 1.33 bits per heavy atom. The molecule has 18 heavy (non-hydrogen) atoms. The largest absolute Gasteiger partial charge is 0.495 e. The highest BCUT2D eigenvalue weighted by Crippen LogP contribution is 2.50. The van der Waals surface area contributed by atoms with Crippen molar-refractivity contribution in [2.45, 2.75) is 24.2 Å². The summed E-state index contributed by atoms with van der Waals surface area (Å²) in [5.41, 5.74) is 5.46. The smallest absolute Gasteiger partial charge is 0.182 e. The topological polar surface area (TPSA) is 69.4 Å². The van der Waals surface area contributed by atoms with Crippen molar-refractivity contribution in [3.05, 3.63) is 24.3 Å². The van der Waals surface area contributed by atoms with Crippen LogP contribution in [0.4, 0.5) is 0 Å². The standard InChI is InChI=1S/C13H19NO3S/c1-17-11-4-2-3-5-12(11)18(15,16)10-13(6-7-13)8-9-14/h2-5H,6-10,14H2,1H3. The Labute approximate surface area is 108 Å². The molecule has 2 rings (SSSR count).